The molecule has 0 saturated carbocycles. The first-order valence-corrected chi connectivity index (χ1v) is 10.1. The van der Waals surface area contributed by atoms with E-state index >= 15 is 0 Å². The van der Waals surface area contributed by atoms with Crippen LogP contribution in [0.2, 0.25) is 0 Å². The molecule has 3 rings (SSSR count). The Hall–Kier alpha value is -3.28. The van der Waals surface area contributed by atoms with E-state index in [1.54, 1.807) is 12.1 Å². The number of halogens is 3. The Morgan fingerprint density at radius 3 is 2.68 bits per heavy atom. The minimum atomic E-state index is -4.66. The average molecular weight is 454 g/mol. The molecule has 0 saturated heterocycles. The Bertz CT molecular complexity index is 1050. The number of para-hydroxylation sites is 2. The number of carbonyl (C=O) groups is 1. The highest BCUT2D eigenvalue weighted by molar-refractivity contribution is 7.99. The van der Waals surface area contributed by atoms with Crippen LogP contribution in [0.3, 0.4) is 0 Å². The molecular formula is C19H17F3N4O4S. The predicted octanol–water partition coefficient (Wildman–Crippen LogP) is 4.47. The van der Waals surface area contributed by atoms with Gasteiger partial charge < -0.3 is 15.1 Å². The summed E-state index contributed by atoms with van der Waals surface area (Å²) in [6.07, 6.45) is -4.25. The molecular weight excluding hydrogens is 437 g/mol. The van der Waals surface area contributed by atoms with Crippen molar-refractivity contribution in [2.24, 2.45) is 0 Å². The summed E-state index contributed by atoms with van der Waals surface area (Å²) in [5, 5.41) is 16.8. The molecule has 12 heteroatoms. The maximum Gasteiger partial charge on any atom is 0.416 e. The Balaban J connectivity index is 1.41. The molecule has 0 fully saturated rings. The van der Waals surface area contributed by atoms with E-state index in [0.717, 1.165) is 23.9 Å². The quantitative estimate of drug-likeness (QED) is 0.212. The van der Waals surface area contributed by atoms with Crippen LogP contribution in [0.25, 0.3) is 11.1 Å². The monoisotopic (exact) mass is 454 g/mol. The van der Waals surface area contributed by atoms with Crippen molar-refractivity contribution in [3.63, 3.8) is 0 Å². The fourth-order valence-corrected chi connectivity index (χ4v) is 3.31. The van der Waals surface area contributed by atoms with Gasteiger partial charge in [0, 0.05) is 19.2 Å². The lowest BCUT2D eigenvalue weighted by Crippen LogP contribution is -2.27. The zero-order valence-electron chi connectivity index (χ0n) is 15.9. The maximum absolute atomic E-state index is 12.7. The summed E-state index contributed by atoms with van der Waals surface area (Å²) in [4.78, 5) is 26.4. The number of carbonyl (C=O) groups excluding carboxylic acids is 1. The molecule has 8 nitrogen and oxygen atoms in total. The summed E-state index contributed by atoms with van der Waals surface area (Å²) in [6, 6.07) is 9.53. The third-order valence-electron chi connectivity index (χ3n) is 4.11. The van der Waals surface area contributed by atoms with Crippen LogP contribution < -0.4 is 10.6 Å². The van der Waals surface area contributed by atoms with Gasteiger partial charge in [0.25, 0.3) is 10.9 Å². The number of hydrogen-bond donors (Lipinski definition) is 2. The molecule has 0 atom stereocenters. The topological polar surface area (TPSA) is 110 Å². The molecule has 0 aliphatic carbocycles. The van der Waals surface area contributed by atoms with Crippen molar-refractivity contribution < 1.29 is 27.3 Å². The van der Waals surface area contributed by atoms with E-state index in [1.807, 2.05) is 12.1 Å². The SMILES string of the molecule is O=C(CSc1nc2ccccc2o1)NCCCNc1ccc(C(F)(F)F)cc1[N+](=O)[O-]. The van der Waals surface area contributed by atoms with Gasteiger partial charge >= 0.3 is 6.18 Å². The highest BCUT2D eigenvalue weighted by atomic mass is 32.2. The summed E-state index contributed by atoms with van der Waals surface area (Å²) in [6.45, 7) is 0.513. The first-order chi connectivity index (χ1) is 14.7. The van der Waals surface area contributed by atoms with Crippen LogP contribution in [-0.2, 0) is 11.0 Å². The number of anilines is 1. The van der Waals surface area contributed by atoms with E-state index < -0.39 is 22.4 Å². The normalized spacial score (nSPS) is 11.5. The molecule has 0 unspecified atom stereocenters. The van der Waals surface area contributed by atoms with Crippen LogP contribution in [0.5, 0.6) is 0 Å². The minimum absolute atomic E-state index is 0.0177. The summed E-state index contributed by atoms with van der Waals surface area (Å²) in [7, 11) is 0. The number of hydrogen-bond acceptors (Lipinski definition) is 7. The van der Waals surface area contributed by atoms with Gasteiger partial charge in [-0.15, -0.1) is 0 Å². The van der Waals surface area contributed by atoms with E-state index in [9.17, 15) is 28.1 Å². The minimum Gasteiger partial charge on any atom is -0.431 e. The zero-order valence-corrected chi connectivity index (χ0v) is 16.8. The number of thioether (sulfide) groups is 1. The molecule has 2 aromatic carbocycles. The Labute approximate surface area is 178 Å². The molecule has 0 spiro atoms. The smallest absolute Gasteiger partial charge is 0.416 e. The number of nitrogens with zero attached hydrogens (tertiary/aromatic N) is 2. The van der Waals surface area contributed by atoms with E-state index in [-0.39, 0.29) is 30.4 Å². The van der Waals surface area contributed by atoms with Crippen LogP contribution in [0.4, 0.5) is 24.5 Å². The van der Waals surface area contributed by atoms with E-state index in [2.05, 4.69) is 15.6 Å². The summed E-state index contributed by atoms with van der Waals surface area (Å²) >= 11 is 1.15. The third kappa shape index (κ3) is 6.10. The largest absolute Gasteiger partial charge is 0.431 e. The van der Waals surface area contributed by atoms with Gasteiger partial charge in [-0.25, -0.2) is 4.98 Å². The lowest BCUT2D eigenvalue weighted by molar-refractivity contribution is -0.384. The predicted molar refractivity (Wildman–Crippen MR) is 109 cm³/mol. The summed E-state index contributed by atoms with van der Waals surface area (Å²) in [5.74, 6) is -0.141. The van der Waals surface area contributed by atoms with E-state index in [1.165, 1.54) is 0 Å². The van der Waals surface area contributed by atoms with E-state index in [0.29, 0.717) is 28.8 Å². The number of nitro groups is 1. The van der Waals surface area contributed by atoms with Gasteiger partial charge in [-0.2, -0.15) is 13.2 Å². The van der Waals surface area contributed by atoms with Crippen molar-refractivity contribution in [2.75, 3.05) is 24.2 Å². The van der Waals surface area contributed by atoms with Crippen molar-refractivity contribution in [2.45, 2.75) is 17.8 Å². The number of fused-ring (bicyclic) bond motifs is 1. The molecule has 0 aliphatic rings. The molecule has 1 amide bonds. The first-order valence-electron chi connectivity index (χ1n) is 9.08. The van der Waals surface area contributed by atoms with Gasteiger partial charge in [0.2, 0.25) is 5.91 Å². The molecule has 0 bridgehead atoms. The van der Waals surface area contributed by atoms with Crippen molar-refractivity contribution in [1.82, 2.24) is 10.3 Å². The molecule has 164 valence electrons. The first kappa shape index (κ1) is 22.4. The Morgan fingerprint density at radius 1 is 1.19 bits per heavy atom. The second-order valence-corrected chi connectivity index (χ2v) is 7.28. The number of amides is 1. The zero-order chi connectivity index (χ0) is 22.4. The van der Waals surface area contributed by atoms with Gasteiger partial charge in [-0.3, -0.25) is 14.9 Å². The number of rotatable bonds is 9. The molecule has 1 aromatic heterocycles. The van der Waals surface area contributed by atoms with Gasteiger partial charge in [-0.05, 0) is 30.7 Å². The number of nitrogens with one attached hydrogen (secondary N) is 2. The van der Waals surface area contributed by atoms with Crippen LogP contribution in [0.15, 0.2) is 52.1 Å². The lowest BCUT2D eigenvalue weighted by atomic mass is 10.1. The van der Waals surface area contributed by atoms with Gasteiger partial charge in [-0.1, -0.05) is 23.9 Å². The second kappa shape index (κ2) is 9.69. The molecule has 3 aromatic rings. The average Bonchev–Trinajstić information content (AvgIpc) is 3.14. The highest BCUT2D eigenvalue weighted by Gasteiger charge is 2.33. The fourth-order valence-electron chi connectivity index (χ4n) is 2.64. The summed E-state index contributed by atoms with van der Waals surface area (Å²) < 4.78 is 43.7. The van der Waals surface area contributed by atoms with Crippen molar-refractivity contribution >= 4 is 40.1 Å². The number of alkyl halides is 3. The van der Waals surface area contributed by atoms with Crippen LogP contribution in [-0.4, -0.2) is 34.7 Å². The number of aromatic nitrogens is 1. The second-order valence-electron chi connectivity index (χ2n) is 6.35. The molecule has 1 heterocycles. The van der Waals surface area contributed by atoms with Gasteiger partial charge in [0.1, 0.15) is 11.2 Å². The van der Waals surface area contributed by atoms with Gasteiger partial charge in [0.15, 0.2) is 5.58 Å². The standard InChI is InChI=1S/C19H17F3N4O4S/c20-19(21,22)12-6-7-13(15(10-12)26(28)29)23-8-3-9-24-17(27)11-31-18-25-14-4-1-2-5-16(14)30-18/h1-2,4-7,10,23H,3,8-9,11H2,(H,24,27). The molecule has 2 N–H and O–H groups in total. The van der Waals surface area contributed by atoms with Crippen LogP contribution in [0, 0.1) is 10.1 Å². The lowest BCUT2D eigenvalue weighted by Gasteiger charge is -2.11. The molecule has 0 radical (unpaired) electrons. The van der Waals surface area contributed by atoms with Crippen LogP contribution in [0.1, 0.15) is 12.0 Å². The Morgan fingerprint density at radius 2 is 1.97 bits per heavy atom. The molecule has 31 heavy (non-hydrogen) atoms. The van der Waals surface area contributed by atoms with Crippen LogP contribution >= 0.6 is 11.8 Å². The number of oxazole rings is 1. The van der Waals surface area contributed by atoms with Gasteiger partial charge in [0.05, 0.1) is 16.2 Å². The molecule has 0 aliphatic heterocycles. The van der Waals surface area contributed by atoms with E-state index in [4.69, 9.17) is 4.42 Å². The maximum atomic E-state index is 12.7. The highest BCUT2D eigenvalue weighted by Crippen LogP contribution is 2.34. The fraction of sp³-hybridized carbons (Fsp3) is 0.263. The number of nitro benzene ring substituents is 1. The van der Waals surface area contributed by atoms with Crippen molar-refractivity contribution in [1.29, 1.82) is 0 Å². The number of benzene rings is 2. The Kier molecular flexibility index (Phi) is 7.00. The van der Waals surface area contributed by atoms with Crippen molar-refractivity contribution in [3.05, 3.63) is 58.1 Å². The van der Waals surface area contributed by atoms with Crippen molar-refractivity contribution in [3.8, 4) is 0 Å². The summed E-state index contributed by atoms with van der Waals surface area (Å²) in [5.41, 5.74) is -0.430. The third-order valence-corrected chi connectivity index (χ3v) is 4.94.